The molecule has 4 heteroatoms. The van der Waals surface area contributed by atoms with Gasteiger partial charge in [0.2, 0.25) is 0 Å². The van der Waals surface area contributed by atoms with Crippen molar-refractivity contribution >= 4 is 5.97 Å². The number of aliphatic hydroxyl groups is 1. The standard InChI is InChI=1S/C16H22O4/c1-11(2)20-14-5-3-13(4-6-14)16(19)9-7-12(8-10-16)15(17)18/h3-6,11-12,19H,7-10H2,1-2H3,(H,17,18). The Morgan fingerprint density at radius 3 is 2.25 bits per heavy atom. The third kappa shape index (κ3) is 3.31. The molecular formula is C16H22O4. The van der Waals surface area contributed by atoms with Crippen LogP contribution >= 0.6 is 0 Å². The van der Waals surface area contributed by atoms with E-state index < -0.39 is 11.6 Å². The van der Waals surface area contributed by atoms with Crippen molar-refractivity contribution in [2.75, 3.05) is 0 Å². The number of hydrogen-bond acceptors (Lipinski definition) is 3. The second kappa shape index (κ2) is 5.83. The molecule has 1 aromatic rings. The Kier molecular flexibility index (Phi) is 4.33. The zero-order valence-corrected chi connectivity index (χ0v) is 12.0. The van der Waals surface area contributed by atoms with Crippen LogP contribution in [0.3, 0.4) is 0 Å². The van der Waals surface area contributed by atoms with Crippen molar-refractivity contribution in [3.8, 4) is 5.75 Å². The monoisotopic (exact) mass is 278 g/mol. The molecule has 1 saturated carbocycles. The van der Waals surface area contributed by atoms with E-state index in [9.17, 15) is 9.90 Å². The van der Waals surface area contributed by atoms with Crippen LogP contribution in [-0.2, 0) is 10.4 Å². The quantitative estimate of drug-likeness (QED) is 0.888. The Morgan fingerprint density at radius 1 is 1.25 bits per heavy atom. The van der Waals surface area contributed by atoms with E-state index in [2.05, 4.69) is 0 Å². The third-order valence-electron chi connectivity index (χ3n) is 3.93. The minimum absolute atomic E-state index is 0.120. The predicted molar refractivity (Wildman–Crippen MR) is 75.7 cm³/mol. The van der Waals surface area contributed by atoms with Crippen molar-refractivity contribution in [2.24, 2.45) is 5.92 Å². The summed E-state index contributed by atoms with van der Waals surface area (Å²) >= 11 is 0. The van der Waals surface area contributed by atoms with E-state index in [1.807, 2.05) is 38.1 Å². The van der Waals surface area contributed by atoms with E-state index in [1.165, 1.54) is 0 Å². The number of aliphatic carboxylic acids is 1. The predicted octanol–water partition coefficient (Wildman–Crippen LogP) is 2.94. The maximum absolute atomic E-state index is 11.0. The highest BCUT2D eigenvalue weighted by Gasteiger charge is 2.36. The first-order valence-electron chi connectivity index (χ1n) is 7.13. The summed E-state index contributed by atoms with van der Waals surface area (Å²) in [6, 6.07) is 7.46. The van der Waals surface area contributed by atoms with Crippen LogP contribution in [0.2, 0.25) is 0 Å². The molecule has 0 unspecified atom stereocenters. The Morgan fingerprint density at radius 2 is 1.80 bits per heavy atom. The molecular weight excluding hydrogens is 256 g/mol. The molecule has 0 aromatic heterocycles. The number of hydrogen-bond donors (Lipinski definition) is 2. The molecule has 0 bridgehead atoms. The van der Waals surface area contributed by atoms with Crippen molar-refractivity contribution in [2.45, 2.75) is 51.2 Å². The van der Waals surface area contributed by atoms with Crippen LogP contribution in [0.5, 0.6) is 5.75 Å². The first-order chi connectivity index (χ1) is 9.40. The van der Waals surface area contributed by atoms with Gasteiger partial charge in [0.05, 0.1) is 17.6 Å². The van der Waals surface area contributed by atoms with E-state index in [0.717, 1.165) is 11.3 Å². The summed E-state index contributed by atoms with van der Waals surface area (Å²) in [5.74, 6) is -0.293. The maximum atomic E-state index is 11.0. The van der Waals surface area contributed by atoms with E-state index in [-0.39, 0.29) is 12.0 Å². The molecule has 1 aromatic carbocycles. The largest absolute Gasteiger partial charge is 0.491 e. The summed E-state index contributed by atoms with van der Waals surface area (Å²) < 4.78 is 5.58. The van der Waals surface area contributed by atoms with Crippen molar-refractivity contribution < 1.29 is 19.7 Å². The molecule has 0 heterocycles. The number of carboxylic acid groups (broad SMARTS) is 1. The Hall–Kier alpha value is -1.55. The van der Waals surface area contributed by atoms with Crippen LogP contribution in [0.25, 0.3) is 0 Å². The lowest BCUT2D eigenvalue weighted by Crippen LogP contribution is -2.33. The van der Waals surface area contributed by atoms with Gasteiger partial charge in [0.25, 0.3) is 0 Å². The van der Waals surface area contributed by atoms with Crippen LogP contribution in [0.1, 0.15) is 45.1 Å². The normalized spacial score (nSPS) is 26.5. The van der Waals surface area contributed by atoms with E-state index in [1.54, 1.807) is 0 Å². The molecule has 1 fully saturated rings. The number of rotatable bonds is 4. The number of benzene rings is 1. The maximum Gasteiger partial charge on any atom is 0.306 e. The van der Waals surface area contributed by atoms with Crippen LogP contribution in [0, 0.1) is 5.92 Å². The van der Waals surface area contributed by atoms with Crippen molar-refractivity contribution in [3.63, 3.8) is 0 Å². The van der Waals surface area contributed by atoms with Gasteiger partial charge < -0.3 is 14.9 Å². The smallest absolute Gasteiger partial charge is 0.306 e. The Labute approximate surface area is 119 Å². The summed E-state index contributed by atoms with van der Waals surface area (Å²) in [6.07, 6.45) is 2.16. The van der Waals surface area contributed by atoms with Crippen LogP contribution in [-0.4, -0.2) is 22.3 Å². The van der Waals surface area contributed by atoms with Crippen LogP contribution < -0.4 is 4.74 Å². The molecule has 2 N–H and O–H groups in total. The highest BCUT2D eigenvalue weighted by molar-refractivity contribution is 5.70. The highest BCUT2D eigenvalue weighted by atomic mass is 16.5. The highest BCUT2D eigenvalue weighted by Crippen LogP contribution is 2.39. The lowest BCUT2D eigenvalue weighted by atomic mass is 9.75. The van der Waals surface area contributed by atoms with Gasteiger partial charge in [-0.05, 0) is 57.2 Å². The van der Waals surface area contributed by atoms with Gasteiger partial charge in [-0.25, -0.2) is 0 Å². The van der Waals surface area contributed by atoms with Gasteiger partial charge in [-0.3, -0.25) is 4.79 Å². The molecule has 0 radical (unpaired) electrons. The minimum Gasteiger partial charge on any atom is -0.491 e. The summed E-state index contributed by atoms with van der Waals surface area (Å²) in [5.41, 5.74) is -0.0556. The molecule has 0 amide bonds. The van der Waals surface area contributed by atoms with Crippen molar-refractivity contribution in [1.29, 1.82) is 0 Å². The molecule has 110 valence electrons. The topological polar surface area (TPSA) is 66.8 Å². The fraction of sp³-hybridized carbons (Fsp3) is 0.562. The zero-order valence-electron chi connectivity index (χ0n) is 12.0. The second-order valence-corrected chi connectivity index (χ2v) is 5.84. The summed E-state index contributed by atoms with van der Waals surface area (Å²) in [4.78, 5) is 11.0. The second-order valence-electron chi connectivity index (χ2n) is 5.84. The molecule has 1 aliphatic rings. The summed E-state index contributed by atoms with van der Waals surface area (Å²) in [5, 5.41) is 19.7. The van der Waals surface area contributed by atoms with Crippen molar-refractivity contribution in [1.82, 2.24) is 0 Å². The molecule has 0 saturated heterocycles. The number of carboxylic acids is 1. The molecule has 20 heavy (non-hydrogen) atoms. The third-order valence-corrected chi connectivity index (χ3v) is 3.93. The fourth-order valence-electron chi connectivity index (χ4n) is 2.75. The lowest BCUT2D eigenvalue weighted by molar-refractivity contribution is -0.145. The lowest BCUT2D eigenvalue weighted by Gasteiger charge is -2.35. The Bertz CT molecular complexity index is 456. The zero-order chi connectivity index (χ0) is 14.8. The number of carbonyl (C=O) groups is 1. The van der Waals surface area contributed by atoms with Crippen molar-refractivity contribution in [3.05, 3.63) is 29.8 Å². The average molecular weight is 278 g/mol. The van der Waals surface area contributed by atoms with Gasteiger partial charge in [0, 0.05) is 0 Å². The summed E-state index contributed by atoms with van der Waals surface area (Å²) in [6.45, 7) is 3.93. The molecule has 0 spiro atoms. The van der Waals surface area contributed by atoms with Crippen LogP contribution in [0.15, 0.2) is 24.3 Å². The van der Waals surface area contributed by atoms with E-state index in [4.69, 9.17) is 9.84 Å². The van der Waals surface area contributed by atoms with Gasteiger partial charge >= 0.3 is 5.97 Å². The van der Waals surface area contributed by atoms with E-state index in [0.29, 0.717) is 25.7 Å². The van der Waals surface area contributed by atoms with Gasteiger partial charge in [-0.15, -0.1) is 0 Å². The Balaban J connectivity index is 2.06. The first kappa shape index (κ1) is 14.9. The average Bonchev–Trinajstić information content (AvgIpc) is 2.39. The molecule has 0 aliphatic heterocycles. The number of ether oxygens (including phenoxy) is 1. The molecule has 0 atom stereocenters. The summed E-state index contributed by atoms with van der Waals surface area (Å²) in [7, 11) is 0. The first-order valence-corrected chi connectivity index (χ1v) is 7.13. The fourth-order valence-corrected chi connectivity index (χ4v) is 2.75. The molecule has 1 aliphatic carbocycles. The van der Waals surface area contributed by atoms with Gasteiger partial charge in [-0.2, -0.15) is 0 Å². The molecule has 2 rings (SSSR count). The molecule has 4 nitrogen and oxygen atoms in total. The SMILES string of the molecule is CC(C)Oc1ccc(C2(O)CCC(C(=O)O)CC2)cc1. The minimum atomic E-state index is -0.900. The van der Waals surface area contributed by atoms with Gasteiger partial charge in [0.1, 0.15) is 5.75 Å². The van der Waals surface area contributed by atoms with E-state index >= 15 is 0 Å². The van der Waals surface area contributed by atoms with Gasteiger partial charge in [-0.1, -0.05) is 12.1 Å². The van der Waals surface area contributed by atoms with Crippen LogP contribution in [0.4, 0.5) is 0 Å². The van der Waals surface area contributed by atoms with Gasteiger partial charge in [0.15, 0.2) is 0 Å².